The molecule has 0 saturated carbocycles. The Labute approximate surface area is 414 Å². The summed E-state index contributed by atoms with van der Waals surface area (Å²) in [6.07, 6.45) is 71.5. The summed E-state index contributed by atoms with van der Waals surface area (Å²) in [6.45, 7) is 6.45. The van der Waals surface area contributed by atoms with Gasteiger partial charge in [-0.1, -0.05) is 228 Å². The molecule has 6 heteroatoms. The summed E-state index contributed by atoms with van der Waals surface area (Å²) in [4.78, 5) is 38.1. The molecule has 1 atom stereocenters. The molecule has 0 aromatic heterocycles. The quantitative estimate of drug-likeness (QED) is 0.0262. The monoisotopic (exact) mass is 933 g/mol. The molecule has 0 aliphatic rings. The summed E-state index contributed by atoms with van der Waals surface area (Å²) in [5, 5.41) is 0. The Morgan fingerprint density at radius 2 is 0.612 bits per heavy atom. The molecule has 67 heavy (non-hydrogen) atoms. The number of hydrogen-bond acceptors (Lipinski definition) is 6. The molecule has 0 aliphatic heterocycles. The van der Waals surface area contributed by atoms with Crippen molar-refractivity contribution >= 4 is 17.9 Å². The van der Waals surface area contributed by atoms with Crippen LogP contribution in [0, 0.1) is 0 Å². The molecule has 0 amide bonds. The highest BCUT2D eigenvalue weighted by Crippen LogP contribution is 2.14. The fourth-order valence-electron chi connectivity index (χ4n) is 7.66. The van der Waals surface area contributed by atoms with Crippen LogP contribution in [0.25, 0.3) is 0 Å². The predicted octanol–water partition coefficient (Wildman–Crippen LogP) is 18.8. The fourth-order valence-corrected chi connectivity index (χ4v) is 7.66. The third-order valence-electron chi connectivity index (χ3n) is 11.9. The minimum Gasteiger partial charge on any atom is -0.462 e. The lowest BCUT2D eigenvalue weighted by Gasteiger charge is -2.18. The Kier molecular flexibility index (Phi) is 52.4. The first kappa shape index (κ1) is 63.6. The zero-order valence-electron chi connectivity index (χ0n) is 43.9. The van der Waals surface area contributed by atoms with Crippen molar-refractivity contribution in [1.82, 2.24) is 0 Å². The Morgan fingerprint density at radius 3 is 1.01 bits per heavy atom. The highest BCUT2D eigenvalue weighted by Gasteiger charge is 2.19. The number of esters is 3. The first-order valence-electron chi connectivity index (χ1n) is 28.1. The minimum absolute atomic E-state index is 0.103. The second-order valence-electron chi connectivity index (χ2n) is 18.5. The van der Waals surface area contributed by atoms with Crippen LogP contribution in [0.1, 0.15) is 265 Å². The van der Waals surface area contributed by atoms with E-state index in [0.717, 1.165) is 89.9 Å². The van der Waals surface area contributed by atoms with E-state index in [1.165, 1.54) is 128 Å². The van der Waals surface area contributed by atoms with Gasteiger partial charge in [0, 0.05) is 19.3 Å². The van der Waals surface area contributed by atoms with Gasteiger partial charge in [0.2, 0.25) is 0 Å². The van der Waals surface area contributed by atoms with Crippen LogP contribution in [0.15, 0.2) is 85.1 Å². The maximum Gasteiger partial charge on any atom is 0.306 e. The number of carbonyl (C=O) groups is 3. The number of hydrogen-bond donors (Lipinski definition) is 0. The molecular formula is C61H104O6. The van der Waals surface area contributed by atoms with Crippen molar-refractivity contribution in [3.8, 4) is 0 Å². The van der Waals surface area contributed by atoms with Gasteiger partial charge in [-0.15, -0.1) is 0 Å². The van der Waals surface area contributed by atoms with E-state index < -0.39 is 6.10 Å². The third-order valence-corrected chi connectivity index (χ3v) is 11.9. The summed E-state index contributed by atoms with van der Waals surface area (Å²) in [5.74, 6) is -0.986. The Morgan fingerprint density at radius 1 is 0.313 bits per heavy atom. The highest BCUT2D eigenvalue weighted by molar-refractivity contribution is 5.71. The second kappa shape index (κ2) is 55.2. The topological polar surface area (TPSA) is 78.9 Å². The second-order valence-corrected chi connectivity index (χ2v) is 18.5. The number of ether oxygens (including phenoxy) is 3. The van der Waals surface area contributed by atoms with Crippen LogP contribution >= 0.6 is 0 Å². The van der Waals surface area contributed by atoms with Crippen LogP contribution in [0.2, 0.25) is 0 Å². The lowest BCUT2D eigenvalue weighted by molar-refractivity contribution is -0.166. The average molecular weight is 933 g/mol. The molecule has 0 radical (unpaired) electrons. The molecule has 0 saturated heterocycles. The molecule has 0 aliphatic carbocycles. The van der Waals surface area contributed by atoms with E-state index in [4.69, 9.17) is 14.2 Å². The van der Waals surface area contributed by atoms with Gasteiger partial charge in [-0.2, -0.15) is 0 Å². The van der Waals surface area contributed by atoms with Crippen LogP contribution in [0.5, 0.6) is 0 Å². The summed E-state index contributed by atoms with van der Waals surface area (Å²) in [5.41, 5.74) is 0. The van der Waals surface area contributed by atoms with Gasteiger partial charge < -0.3 is 14.2 Å². The van der Waals surface area contributed by atoms with Gasteiger partial charge in [0.05, 0.1) is 0 Å². The van der Waals surface area contributed by atoms with E-state index >= 15 is 0 Å². The Bertz CT molecular complexity index is 1300. The minimum atomic E-state index is -0.808. The number of allylic oxidation sites excluding steroid dienone is 14. The SMILES string of the molecule is CC/C=C/C/C=C/C/C=C/C/C=C/CCCCCCCCC(=O)OCC(COC(=O)CC/C=C/C/C=C/CCCCCCCC)OC(=O)CCCCCCCCC/C=C/CCCCCCCC. The van der Waals surface area contributed by atoms with E-state index in [2.05, 4.69) is 99.8 Å². The van der Waals surface area contributed by atoms with E-state index in [1.807, 2.05) is 6.08 Å². The zero-order chi connectivity index (χ0) is 48.6. The molecule has 0 aromatic carbocycles. The summed E-state index contributed by atoms with van der Waals surface area (Å²) >= 11 is 0. The van der Waals surface area contributed by atoms with Crippen LogP contribution in [0.3, 0.4) is 0 Å². The first-order valence-corrected chi connectivity index (χ1v) is 28.1. The smallest absolute Gasteiger partial charge is 0.306 e. The normalized spacial score (nSPS) is 12.7. The van der Waals surface area contributed by atoms with Crippen molar-refractivity contribution < 1.29 is 28.6 Å². The molecule has 384 valence electrons. The first-order chi connectivity index (χ1) is 33.0. The molecular weight excluding hydrogens is 829 g/mol. The van der Waals surface area contributed by atoms with E-state index in [0.29, 0.717) is 19.3 Å². The van der Waals surface area contributed by atoms with Crippen LogP contribution in [0.4, 0.5) is 0 Å². The van der Waals surface area contributed by atoms with Gasteiger partial charge in [-0.05, 0) is 103 Å². The van der Waals surface area contributed by atoms with Crippen LogP contribution in [-0.4, -0.2) is 37.2 Å². The molecule has 0 fully saturated rings. The number of unbranched alkanes of at least 4 members (excludes halogenated alkanes) is 25. The third kappa shape index (κ3) is 53.4. The maximum atomic E-state index is 12.8. The van der Waals surface area contributed by atoms with Gasteiger partial charge in [-0.25, -0.2) is 0 Å². The van der Waals surface area contributed by atoms with Gasteiger partial charge >= 0.3 is 17.9 Å². The Hall–Kier alpha value is -3.41. The molecule has 0 rings (SSSR count). The van der Waals surface area contributed by atoms with Gasteiger partial charge in [0.1, 0.15) is 13.2 Å². The van der Waals surface area contributed by atoms with Crippen LogP contribution in [-0.2, 0) is 28.6 Å². The molecule has 0 heterocycles. The highest BCUT2D eigenvalue weighted by atomic mass is 16.6. The molecule has 1 unspecified atom stereocenters. The lowest BCUT2D eigenvalue weighted by Crippen LogP contribution is -2.30. The number of rotatable bonds is 50. The van der Waals surface area contributed by atoms with Gasteiger partial charge in [-0.3, -0.25) is 14.4 Å². The van der Waals surface area contributed by atoms with Gasteiger partial charge in [0.15, 0.2) is 6.10 Å². The number of carbonyl (C=O) groups excluding carboxylic acids is 3. The van der Waals surface area contributed by atoms with E-state index in [-0.39, 0.29) is 37.5 Å². The van der Waals surface area contributed by atoms with Crippen molar-refractivity contribution in [2.24, 2.45) is 0 Å². The van der Waals surface area contributed by atoms with Crippen molar-refractivity contribution in [2.75, 3.05) is 13.2 Å². The van der Waals surface area contributed by atoms with Crippen molar-refractivity contribution in [1.29, 1.82) is 0 Å². The molecule has 0 N–H and O–H groups in total. The average Bonchev–Trinajstić information content (AvgIpc) is 3.33. The van der Waals surface area contributed by atoms with Crippen molar-refractivity contribution in [3.05, 3.63) is 85.1 Å². The predicted molar refractivity (Wildman–Crippen MR) is 288 cm³/mol. The summed E-state index contributed by atoms with van der Waals surface area (Å²) in [6, 6.07) is 0. The summed E-state index contributed by atoms with van der Waals surface area (Å²) < 4.78 is 16.8. The van der Waals surface area contributed by atoms with E-state index in [1.54, 1.807) is 0 Å². The molecule has 6 nitrogen and oxygen atoms in total. The van der Waals surface area contributed by atoms with Crippen molar-refractivity contribution in [2.45, 2.75) is 271 Å². The van der Waals surface area contributed by atoms with Gasteiger partial charge in [0.25, 0.3) is 0 Å². The van der Waals surface area contributed by atoms with E-state index in [9.17, 15) is 14.4 Å². The van der Waals surface area contributed by atoms with Crippen LogP contribution < -0.4 is 0 Å². The van der Waals surface area contributed by atoms with Crippen molar-refractivity contribution in [3.63, 3.8) is 0 Å². The lowest BCUT2D eigenvalue weighted by atomic mass is 10.1. The Balaban J connectivity index is 4.45. The maximum absolute atomic E-state index is 12.8. The molecule has 0 spiro atoms. The standard InChI is InChI=1S/C61H104O6/c1-4-7-10-13-16-19-22-25-27-29-30-32-33-36-39-42-45-48-51-54-60(63)66-57-58(56-65-59(62)53-50-47-44-41-38-35-24-21-18-15-12-9-6-3)67-61(64)55-52-49-46-43-40-37-34-31-28-26-23-20-17-14-11-8-5-2/h7,10,16,19,25-28,30,32,35,38,44,47,58H,4-6,8-9,11-15,17-18,20-24,29,31,33-34,36-37,39-43,45-46,48-57H2,1-3H3/b10-7+,19-16+,27-25+,28-26+,32-30+,38-35+,47-44+. The molecule has 0 aromatic rings. The molecule has 0 bridgehead atoms. The zero-order valence-corrected chi connectivity index (χ0v) is 43.9. The fraction of sp³-hybridized carbons (Fsp3) is 0.721. The largest absolute Gasteiger partial charge is 0.462 e. The summed E-state index contributed by atoms with van der Waals surface area (Å²) in [7, 11) is 0.